The van der Waals surface area contributed by atoms with Gasteiger partial charge in [0.25, 0.3) is 5.69 Å². The van der Waals surface area contributed by atoms with Crippen molar-refractivity contribution < 1.29 is 23.6 Å². The quantitative estimate of drug-likeness (QED) is 0.135. The van der Waals surface area contributed by atoms with Crippen LogP contribution in [0.5, 0.6) is 0 Å². The maximum atomic E-state index is 14.1. The Morgan fingerprint density at radius 1 is 1.19 bits per heavy atom. The van der Waals surface area contributed by atoms with E-state index in [1.165, 1.54) is 0 Å². The van der Waals surface area contributed by atoms with Gasteiger partial charge in [-0.15, -0.1) is 0 Å². The van der Waals surface area contributed by atoms with Crippen LogP contribution in [-0.4, -0.2) is 41.8 Å². The maximum Gasteiger partial charge on any atom is 0.341 e. The smallest absolute Gasteiger partial charge is 0.341 e. The van der Waals surface area contributed by atoms with Gasteiger partial charge in [0, 0.05) is 36.2 Å². The molecule has 0 aliphatic rings. The Morgan fingerprint density at radius 2 is 1.84 bits per heavy atom. The number of esters is 1. The molecule has 2 aromatic rings. The van der Waals surface area contributed by atoms with Gasteiger partial charge in [-0.3, -0.25) is 14.9 Å². The van der Waals surface area contributed by atoms with Crippen molar-refractivity contribution in [3.05, 3.63) is 81.2 Å². The lowest BCUT2D eigenvalue weighted by molar-refractivity contribution is -0.384. The second kappa shape index (κ2) is 10.8. The predicted molar refractivity (Wildman–Crippen MR) is 119 cm³/mol. The van der Waals surface area contributed by atoms with Crippen molar-refractivity contribution in [1.82, 2.24) is 4.90 Å². The summed E-state index contributed by atoms with van der Waals surface area (Å²) in [5.41, 5.74) is -0.223. The Labute approximate surface area is 186 Å². The van der Waals surface area contributed by atoms with E-state index in [0.717, 1.165) is 43.3 Å². The van der Waals surface area contributed by atoms with Crippen LogP contribution in [0.1, 0.15) is 31.9 Å². The number of ketones is 1. The molecule has 8 heteroatoms. The molecule has 0 radical (unpaired) electrons. The minimum Gasteiger partial charge on any atom is -0.461 e. The van der Waals surface area contributed by atoms with Crippen LogP contribution in [0.15, 0.2) is 54.1 Å². The summed E-state index contributed by atoms with van der Waals surface area (Å²) in [6.07, 6.45) is 0.988. The molecule has 0 bridgehead atoms. The van der Waals surface area contributed by atoms with E-state index in [-0.39, 0.29) is 23.4 Å². The maximum absolute atomic E-state index is 14.1. The second-order valence-corrected chi connectivity index (χ2v) is 8.48. The number of non-ortho nitro benzene ring substituents is 1. The first-order chi connectivity index (χ1) is 15.0. The van der Waals surface area contributed by atoms with Crippen molar-refractivity contribution in [2.45, 2.75) is 27.3 Å². The van der Waals surface area contributed by atoms with Crippen LogP contribution in [0.4, 0.5) is 10.1 Å². The number of nitro groups is 1. The Bertz CT molecular complexity index is 1020. The largest absolute Gasteiger partial charge is 0.461 e. The molecule has 0 amide bonds. The van der Waals surface area contributed by atoms with Gasteiger partial charge in [0.1, 0.15) is 11.4 Å². The normalized spacial score (nSPS) is 12.0. The van der Waals surface area contributed by atoms with Crippen LogP contribution in [0.25, 0.3) is 6.08 Å². The monoisotopic (exact) mass is 442 g/mol. The Morgan fingerprint density at radius 3 is 2.44 bits per heavy atom. The number of hydrogen-bond acceptors (Lipinski definition) is 6. The van der Waals surface area contributed by atoms with Gasteiger partial charge in [0.05, 0.1) is 11.5 Å². The van der Waals surface area contributed by atoms with Gasteiger partial charge in [-0.05, 0) is 31.7 Å². The predicted octanol–water partition coefficient (Wildman–Crippen LogP) is 4.41. The van der Waals surface area contributed by atoms with Crippen molar-refractivity contribution in [3.8, 4) is 0 Å². The van der Waals surface area contributed by atoms with Crippen LogP contribution in [0.3, 0.4) is 0 Å². The molecule has 0 saturated heterocycles. The molecular formula is C24H27FN2O5. The van der Waals surface area contributed by atoms with Crippen LogP contribution in [0.2, 0.25) is 0 Å². The van der Waals surface area contributed by atoms with E-state index in [2.05, 4.69) is 4.90 Å². The molecule has 2 aromatic carbocycles. The highest BCUT2D eigenvalue weighted by Gasteiger charge is 2.25. The summed E-state index contributed by atoms with van der Waals surface area (Å²) in [5.74, 6) is -2.31. The topological polar surface area (TPSA) is 89.8 Å². The molecule has 0 fully saturated rings. The highest BCUT2D eigenvalue weighted by molar-refractivity contribution is 6.19. The highest BCUT2D eigenvalue weighted by atomic mass is 19.1. The zero-order valence-electron chi connectivity index (χ0n) is 18.6. The summed E-state index contributed by atoms with van der Waals surface area (Å²) in [6.45, 7) is 6.39. The van der Waals surface area contributed by atoms with Gasteiger partial charge in [0.15, 0.2) is 5.78 Å². The summed E-state index contributed by atoms with van der Waals surface area (Å²) < 4.78 is 19.4. The Hall–Kier alpha value is -3.39. The average Bonchev–Trinajstić information content (AvgIpc) is 2.71. The SMILES string of the molecule is CC(=O)/C(=C/c1cc([N+](=O)[O-])ccc1F)C(=O)OCC(C)(C)CN(C)Cc1ccccc1. The molecule has 32 heavy (non-hydrogen) atoms. The van der Waals surface area contributed by atoms with Gasteiger partial charge < -0.3 is 9.64 Å². The summed E-state index contributed by atoms with van der Waals surface area (Å²) in [6, 6.07) is 12.8. The van der Waals surface area contributed by atoms with E-state index in [1.54, 1.807) is 0 Å². The van der Waals surface area contributed by atoms with E-state index < -0.39 is 27.9 Å². The van der Waals surface area contributed by atoms with Crippen molar-refractivity contribution in [1.29, 1.82) is 0 Å². The molecule has 0 saturated carbocycles. The molecular weight excluding hydrogens is 415 g/mol. The van der Waals surface area contributed by atoms with E-state index in [1.807, 2.05) is 51.2 Å². The molecule has 2 rings (SSSR count). The van der Waals surface area contributed by atoms with Crippen LogP contribution in [0, 0.1) is 21.3 Å². The summed E-state index contributed by atoms with van der Waals surface area (Å²) in [7, 11) is 1.96. The van der Waals surface area contributed by atoms with Crippen molar-refractivity contribution in [2.75, 3.05) is 20.2 Å². The van der Waals surface area contributed by atoms with Crippen LogP contribution >= 0.6 is 0 Å². The van der Waals surface area contributed by atoms with Crippen LogP contribution < -0.4 is 0 Å². The number of ether oxygens (including phenoxy) is 1. The zero-order chi connectivity index (χ0) is 23.9. The average molecular weight is 442 g/mol. The lowest BCUT2D eigenvalue weighted by atomic mass is 9.94. The lowest BCUT2D eigenvalue weighted by Gasteiger charge is -2.30. The second-order valence-electron chi connectivity index (χ2n) is 8.48. The number of benzene rings is 2. The van der Waals surface area contributed by atoms with Crippen LogP contribution in [-0.2, 0) is 20.9 Å². The van der Waals surface area contributed by atoms with Gasteiger partial charge in [-0.1, -0.05) is 44.2 Å². The fourth-order valence-corrected chi connectivity index (χ4v) is 3.28. The summed E-state index contributed by atoms with van der Waals surface area (Å²) in [4.78, 5) is 36.9. The third-order valence-corrected chi connectivity index (χ3v) is 4.68. The number of hydrogen-bond donors (Lipinski definition) is 0. The van der Waals surface area contributed by atoms with Gasteiger partial charge in [-0.25, -0.2) is 9.18 Å². The van der Waals surface area contributed by atoms with Crippen molar-refractivity contribution >= 4 is 23.5 Å². The Balaban J connectivity index is 2.08. The van der Waals surface area contributed by atoms with Gasteiger partial charge >= 0.3 is 5.97 Å². The highest BCUT2D eigenvalue weighted by Crippen LogP contribution is 2.22. The van der Waals surface area contributed by atoms with E-state index in [0.29, 0.717) is 6.54 Å². The molecule has 0 spiro atoms. The molecule has 0 N–H and O–H groups in total. The van der Waals surface area contributed by atoms with Gasteiger partial charge in [-0.2, -0.15) is 0 Å². The van der Waals surface area contributed by atoms with Crippen molar-refractivity contribution in [2.24, 2.45) is 5.41 Å². The number of rotatable bonds is 10. The minimum atomic E-state index is -0.901. The Kier molecular flexibility index (Phi) is 8.37. The molecule has 0 atom stereocenters. The number of nitro benzene ring substituents is 1. The number of nitrogens with zero attached hydrogens (tertiary/aromatic N) is 2. The fraction of sp³-hybridized carbons (Fsp3) is 0.333. The molecule has 0 heterocycles. The molecule has 0 aliphatic carbocycles. The third kappa shape index (κ3) is 7.39. The van der Waals surface area contributed by atoms with Gasteiger partial charge in [0.2, 0.25) is 0 Å². The van der Waals surface area contributed by atoms with E-state index in [9.17, 15) is 24.1 Å². The summed E-state index contributed by atoms with van der Waals surface area (Å²) >= 11 is 0. The number of carbonyl (C=O) groups excluding carboxylic acids is 2. The first kappa shape index (κ1) is 24.9. The summed E-state index contributed by atoms with van der Waals surface area (Å²) in [5, 5.41) is 10.9. The standard InChI is InChI=1S/C24H27FN2O5/c1-17(28)21(13-19-12-20(27(30)31)10-11-22(19)25)23(29)32-16-24(2,3)15-26(4)14-18-8-6-5-7-9-18/h5-13H,14-16H2,1-4H3/b21-13-. The first-order valence-electron chi connectivity index (χ1n) is 10.0. The number of Topliss-reactive ketones (excluding diaryl/α,β-unsaturated/α-hetero) is 1. The molecule has 0 unspecified atom stereocenters. The number of halogens is 1. The van der Waals surface area contributed by atoms with E-state index >= 15 is 0 Å². The molecule has 0 aromatic heterocycles. The lowest BCUT2D eigenvalue weighted by Crippen LogP contribution is -2.35. The number of carbonyl (C=O) groups is 2. The van der Waals surface area contributed by atoms with Crippen molar-refractivity contribution in [3.63, 3.8) is 0 Å². The third-order valence-electron chi connectivity index (χ3n) is 4.68. The molecule has 170 valence electrons. The first-order valence-corrected chi connectivity index (χ1v) is 10.0. The minimum absolute atomic E-state index is 0.0347. The molecule has 0 aliphatic heterocycles. The van der Waals surface area contributed by atoms with E-state index in [4.69, 9.17) is 4.74 Å². The fourth-order valence-electron chi connectivity index (χ4n) is 3.28. The molecule has 7 nitrogen and oxygen atoms in total. The zero-order valence-corrected chi connectivity index (χ0v) is 18.6.